The maximum Gasteiger partial charge on any atom is 0.373 e. The number of nitrogens with one attached hydrogen (secondary N) is 1. The first kappa shape index (κ1) is 21.7. The Hall–Kier alpha value is -3.49. The average Bonchev–Trinajstić information content (AvgIpc) is 3.37. The van der Waals surface area contributed by atoms with Gasteiger partial charge in [-0.15, -0.1) is 0 Å². The molecule has 1 aliphatic rings. The molecule has 32 heavy (non-hydrogen) atoms. The van der Waals surface area contributed by atoms with Gasteiger partial charge in [0.05, 0.1) is 13.7 Å². The first-order valence-electron chi connectivity index (χ1n) is 9.48. The van der Waals surface area contributed by atoms with Crippen LogP contribution in [0.2, 0.25) is 5.02 Å². The Morgan fingerprint density at radius 1 is 1.06 bits per heavy atom. The molecule has 0 aliphatic carbocycles. The van der Waals surface area contributed by atoms with Crippen molar-refractivity contribution in [1.82, 2.24) is 10.2 Å². The van der Waals surface area contributed by atoms with Gasteiger partial charge >= 0.3 is 12.0 Å². The molecule has 0 saturated carbocycles. The number of hydrogen-bond donors (Lipinski definition) is 1. The van der Waals surface area contributed by atoms with Crippen LogP contribution >= 0.6 is 23.4 Å². The Kier molecular flexibility index (Phi) is 6.34. The van der Waals surface area contributed by atoms with Gasteiger partial charge in [0.15, 0.2) is 0 Å². The Bertz CT molecular complexity index is 1200. The Morgan fingerprint density at radius 3 is 2.38 bits per heavy atom. The minimum Gasteiger partial charge on any atom is -0.463 e. The largest absolute Gasteiger partial charge is 0.463 e. The molecule has 4 rings (SSSR count). The third-order valence-corrected chi connectivity index (χ3v) is 5.83. The maximum absolute atomic E-state index is 12.7. The summed E-state index contributed by atoms with van der Waals surface area (Å²) in [6.45, 7) is -0.102. The summed E-state index contributed by atoms with van der Waals surface area (Å²) in [7, 11) is 1.24. The Morgan fingerprint density at radius 2 is 1.72 bits per heavy atom. The lowest BCUT2D eigenvalue weighted by Gasteiger charge is -2.09. The predicted molar refractivity (Wildman–Crippen MR) is 119 cm³/mol. The van der Waals surface area contributed by atoms with Gasteiger partial charge in [0.2, 0.25) is 5.76 Å². The minimum absolute atomic E-state index is 0.00174. The summed E-state index contributed by atoms with van der Waals surface area (Å²) in [5.41, 5.74) is 0.926. The van der Waals surface area contributed by atoms with Gasteiger partial charge in [0.25, 0.3) is 5.91 Å². The van der Waals surface area contributed by atoms with Crippen LogP contribution < -0.4 is 5.32 Å². The lowest BCUT2D eigenvalue weighted by Crippen LogP contribution is -2.30. The van der Waals surface area contributed by atoms with Gasteiger partial charge in [-0.1, -0.05) is 35.5 Å². The van der Waals surface area contributed by atoms with Gasteiger partial charge in [0, 0.05) is 14.8 Å². The van der Waals surface area contributed by atoms with Crippen molar-refractivity contribution in [2.24, 2.45) is 0 Å². The highest BCUT2D eigenvalue weighted by molar-refractivity contribution is 7.99. The molecule has 162 valence electrons. The molecule has 0 atom stereocenters. The molecule has 3 aromatic rings. The molecule has 9 heteroatoms. The first-order chi connectivity index (χ1) is 15.4. The van der Waals surface area contributed by atoms with Crippen LogP contribution in [0.3, 0.4) is 0 Å². The summed E-state index contributed by atoms with van der Waals surface area (Å²) in [6, 6.07) is 17.5. The maximum atomic E-state index is 12.7. The number of methoxy groups -OCH3 is 1. The summed E-state index contributed by atoms with van der Waals surface area (Å²) >= 11 is 7.50. The monoisotopic (exact) mass is 468 g/mol. The first-order valence-corrected chi connectivity index (χ1v) is 10.7. The molecule has 7 nitrogen and oxygen atoms in total. The fraction of sp³-hybridized carbons (Fsp3) is 0.0870. The molecule has 1 N–H and O–H groups in total. The highest BCUT2D eigenvalue weighted by Gasteiger charge is 2.34. The average molecular weight is 469 g/mol. The van der Waals surface area contributed by atoms with Crippen LogP contribution in [-0.2, 0) is 16.1 Å². The molecule has 0 spiro atoms. The molecule has 2 heterocycles. The van der Waals surface area contributed by atoms with E-state index < -0.39 is 17.9 Å². The van der Waals surface area contributed by atoms with Crippen LogP contribution in [0.25, 0.3) is 6.08 Å². The van der Waals surface area contributed by atoms with E-state index in [1.54, 1.807) is 17.8 Å². The molecular weight excluding hydrogens is 452 g/mol. The molecule has 0 bridgehead atoms. The lowest BCUT2D eigenvalue weighted by atomic mass is 10.2. The SMILES string of the molecule is COC(=O)c1ccc(CN2C(=O)N/C(=C\c3ccc(Sc4ccc(Cl)cc4)cc3)C2=O)o1. The van der Waals surface area contributed by atoms with Gasteiger partial charge in [-0.3, -0.25) is 9.69 Å². The number of furan rings is 1. The van der Waals surface area contributed by atoms with Crippen molar-refractivity contribution in [2.45, 2.75) is 16.3 Å². The van der Waals surface area contributed by atoms with Crippen molar-refractivity contribution >= 4 is 47.3 Å². The lowest BCUT2D eigenvalue weighted by molar-refractivity contribution is -0.123. The van der Waals surface area contributed by atoms with Crippen molar-refractivity contribution in [3.05, 3.63) is 88.5 Å². The highest BCUT2D eigenvalue weighted by Crippen LogP contribution is 2.29. The second-order valence-electron chi connectivity index (χ2n) is 6.76. The van der Waals surface area contributed by atoms with E-state index in [-0.39, 0.29) is 18.0 Å². The topological polar surface area (TPSA) is 88.9 Å². The van der Waals surface area contributed by atoms with Crippen molar-refractivity contribution in [3.63, 3.8) is 0 Å². The third kappa shape index (κ3) is 4.87. The molecule has 1 aliphatic heterocycles. The molecule has 1 aromatic heterocycles. The second kappa shape index (κ2) is 9.33. The number of nitrogens with zero attached hydrogens (tertiary/aromatic N) is 1. The fourth-order valence-corrected chi connectivity index (χ4v) is 3.92. The molecule has 3 amide bonds. The zero-order chi connectivity index (χ0) is 22.7. The standard InChI is InChI=1S/C23H17ClN2O5S/c1-30-22(28)20-11-6-16(31-20)13-26-21(27)19(25-23(26)29)12-14-2-7-17(8-3-14)32-18-9-4-15(24)5-10-18/h2-12H,13H2,1H3,(H,25,29)/b19-12-. The van der Waals surface area contributed by atoms with E-state index in [9.17, 15) is 14.4 Å². The smallest absolute Gasteiger partial charge is 0.373 e. The van der Waals surface area contributed by atoms with E-state index in [1.165, 1.54) is 19.2 Å². The van der Waals surface area contributed by atoms with Crippen LogP contribution in [-0.4, -0.2) is 29.9 Å². The van der Waals surface area contributed by atoms with Crippen LogP contribution in [0.1, 0.15) is 21.9 Å². The van der Waals surface area contributed by atoms with Crippen molar-refractivity contribution in [1.29, 1.82) is 0 Å². The fourth-order valence-electron chi connectivity index (χ4n) is 2.98. The van der Waals surface area contributed by atoms with E-state index >= 15 is 0 Å². The molecular formula is C23H17ClN2O5S. The van der Waals surface area contributed by atoms with E-state index in [0.29, 0.717) is 10.8 Å². The second-order valence-corrected chi connectivity index (χ2v) is 8.35. The van der Waals surface area contributed by atoms with Crippen molar-refractivity contribution < 1.29 is 23.5 Å². The predicted octanol–water partition coefficient (Wildman–Crippen LogP) is 4.96. The molecule has 0 unspecified atom stereocenters. The molecule has 1 fully saturated rings. The van der Waals surface area contributed by atoms with Crippen LogP contribution in [0, 0.1) is 0 Å². The van der Waals surface area contributed by atoms with E-state index in [1.807, 2.05) is 48.5 Å². The zero-order valence-electron chi connectivity index (χ0n) is 16.8. The van der Waals surface area contributed by atoms with Crippen LogP contribution in [0.4, 0.5) is 4.79 Å². The Labute approximate surface area is 193 Å². The Balaban J connectivity index is 1.43. The van der Waals surface area contributed by atoms with Gasteiger partial charge in [-0.25, -0.2) is 9.59 Å². The highest BCUT2D eigenvalue weighted by atomic mass is 35.5. The number of urea groups is 1. The van der Waals surface area contributed by atoms with Gasteiger partial charge in [0.1, 0.15) is 11.5 Å². The molecule has 0 radical (unpaired) electrons. The molecule has 1 saturated heterocycles. The van der Waals surface area contributed by atoms with E-state index in [2.05, 4.69) is 10.1 Å². The quantitative estimate of drug-likeness (QED) is 0.312. The number of esters is 1. The van der Waals surface area contributed by atoms with E-state index in [4.69, 9.17) is 16.0 Å². The van der Waals surface area contributed by atoms with Crippen LogP contribution in [0.5, 0.6) is 0 Å². The molecule has 2 aromatic carbocycles. The number of rotatable bonds is 6. The number of carbonyl (C=O) groups excluding carboxylic acids is 3. The number of ether oxygens (including phenoxy) is 1. The number of benzene rings is 2. The van der Waals surface area contributed by atoms with Gasteiger partial charge in [-0.05, 0) is 60.2 Å². The van der Waals surface area contributed by atoms with Gasteiger partial charge < -0.3 is 14.5 Å². The minimum atomic E-state index is -0.633. The number of imide groups is 1. The third-order valence-electron chi connectivity index (χ3n) is 4.56. The van der Waals surface area contributed by atoms with Gasteiger partial charge in [-0.2, -0.15) is 0 Å². The number of hydrogen-bond acceptors (Lipinski definition) is 6. The number of carbonyl (C=O) groups is 3. The summed E-state index contributed by atoms with van der Waals surface area (Å²) < 4.78 is 9.92. The van der Waals surface area contributed by atoms with Crippen molar-refractivity contribution in [2.75, 3.05) is 7.11 Å². The summed E-state index contributed by atoms with van der Waals surface area (Å²) in [6.07, 6.45) is 1.61. The summed E-state index contributed by atoms with van der Waals surface area (Å²) in [5.74, 6) is -0.821. The zero-order valence-corrected chi connectivity index (χ0v) is 18.4. The summed E-state index contributed by atoms with van der Waals surface area (Å²) in [4.78, 5) is 39.5. The van der Waals surface area contributed by atoms with E-state index in [0.717, 1.165) is 20.3 Å². The number of halogens is 1. The van der Waals surface area contributed by atoms with Crippen molar-refractivity contribution in [3.8, 4) is 0 Å². The summed E-state index contributed by atoms with van der Waals surface area (Å²) in [5, 5.41) is 3.26. The van der Waals surface area contributed by atoms with Crippen LogP contribution in [0.15, 0.2) is 80.6 Å². The number of amides is 3. The normalized spacial score (nSPS) is 14.7.